The van der Waals surface area contributed by atoms with Gasteiger partial charge in [0.25, 0.3) is 5.91 Å². The summed E-state index contributed by atoms with van der Waals surface area (Å²) in [5.41, 5.74) is 0.615. The van der Waals surface area contributed by atoms with E-state index >= 15 is 0 Å². The molecule has 1 N–H and O–H groups in total. The van der Waals surface area contributed by atoms with Crippen LogP contribution >= 0.6 is 15.9 Å². The molecule has 0 aliphatic carbocycles. The molecular weight excluding hydrogens is 270 g/mol. The Labute approximate surface area is 101 Å². The number of carbonyl (C=O) groups is 1. The Balaban J connectivity index is 2.26. The highest BCUT2D eigenvalue weighted by molar-refractivity contribution is 9.10. The second kappa shape index (κ2) is 4.49. The van der Waals surface area contributed by atoms with Crippen LogP contribution in [0.2, 0.25) is 0 Å². The van der Waals surface area contributed by atoms with Gasteiger partial charge in [-0.15, -0.1) is 0 Å². The number of aromatic amines is 1. The van der Waals surface area contributed by atoms with E-state index in [1.54, 1.807) is 37.8 Å². The van der Waals surface area contributed by atoms with Gasteiger partial charge < -0.3 is 4.98 Å². The molecule has 0 unspecified atom stereocenters. The van der Waals surface area contributed by atoms with Crippen LogP contribution in [0.4, 0.5) is 5.82 Å². The van der Waals surface area contributed by atoms with Crippen LogP contribution in [0.1, 0.15) is 10.4 Å². The molecule has 0 saturated carbocycles. The maximum absolute atomic E-state index is 12.0. The number of hydrogen-bond donors (Lipinski definition) is 1. The van der Waals surface area contributed by atoms with Crippen molar-refractivity contribution in [2.45, 2.75) is 0 Å². The van der Waals surface area contributed by atoms with E-state index < -0.39 is 0 Å². The summed E-state index contributed by atoms with van der Waals surface area (Å²) in [7, 11) is 1.70. The molecule has 4 nitrogen and oxygen atoms in total. The monoisotopic (exact) mass is 279 g/mol. The molecule has 0 bridgehead atoms. The van der Waals surface area contributed by atoms with Gasteiger partial charge in [0.1, 0.15) is 5.82 Å². The van der Waals surface area contributed by atoms with Gasteiger partial charge in [-0.05, 0) is 18.2 Å². The van der Waals surface area contributed by atoms with Crippen molar-refractivity contribution in [1.29, 1.82) is 0 Å². The fourth-order valence-corrected chi connectivity index (χ4v) is 1.65. The van der Waals surface area contributed by atoms with E-state index in [0.29, 0.717) is 11.4 Å². The van der Waals surface area contributed by atoms with Crippen molar-refractivity contribution >= 4 is 27.7 Å². The summed E-state index contributed by atoms with van der Waals surface area (Å²) in [5, 5.41) is 0. The topological polar surface area (TPSA) is 49.0 Å². The largest absolute Gasteiger partial charge is 0.367 e. The summed E-state index contributed by atoms with van der Waals surface area (Å²) in [6.07, 6.45) is 5.03. The number of rotatable bonds is 2. The minimum atomic E-state index is -0.0909. The minimum absolute atomic E-state index is 0.0909. The quantitative estimate of drug-likeness (QED) is 0.918. The molecule has 1 amide bonds. The van der Waals surface area contributed by atoms with E-state index in [0.717, 1.165) is 4.47 Å². The number of H-pyrrole nitrogens is 1. The van der Waals surface area contributed by atoms with Crippen molar-refractivity contribution in [1.82, 2.24) is 9.97 Å². The molecule has 0 saturated heterocycles. The summed E-state index contributed by atoms with van der Waals surface area (Å²) < 4.78 is 0.895. The van der Waals surface area contributed by atoms with Gasteiger partial charge in [-0.3, -0.25) is 9.69 Å². The maximum atomic E-state index is 12.0. The average Bonchev–Trinajstić information content (AvgIpc) is 2.80. The number of anilines is 1. The van der Waals surface area contributed by atoms with Gasteiger partial charge in [-0.1, -0.05) is 15.9 Å². The lowest BCUT2D eigenvalue weighted by Crippen LogP contribution is -2.26. The van der Waals surface area contributed by atoms with E-state index in [9.17, 15) is 4.79 Å². The molecule has 0 atom stereocenters. The van der Waals surface area contributed by atoms with Gasteiger partial charge in [0.15, 0.2) is 0 Å². The van der Waals surface area contributed by atoms with Crippen LogP contribution in [-0.4, -0.2) is 22.9 Å². The third kappa shape index (κ3) is 2.14. The molecule has 0 aliphatic heterocycles. The molecule has 2 heterocycles. The first-order chi connectivity index (χ1) is 7.68. The van der Waals surface area contributed by atoms with E-state index in [1.165, 1.54) is 4.90 Å². The number of nitrogens with zero attached hydrogens (tertiary/aromatic N) is 2. The number of carbonyl (C=O) groups excluding carboxylic acids is 1. The van der Waals surface area contributed by atoms with Crippen LogP contribution < -0.4 is 4.90 Å². The van der Waals surface area contributed by atoms with Gasteiger partial charge in [0.05, 0.1) is 5.56 Å². The van der Waals surface area contributed by atoms with Crippen molar-refractivity contribution in [3.05, 3.63) is 46.8 Å². The third-order valence-corrected chi connectivity index (χ3v) is 2.69. The van der Waals surface area contributed by atoms with Crippen LogP contribution in [0.5, 0.6) is 0 Å². The predicted octanol–water partition coefficient (Wildman–Crippen LogP) is 2.45. The van der Waals surface area contributed by atoms with Crippen LogP contribution in [0.15, 0.2) is 41.3 Å². The van der Waals surface area contributed by atoms with Crippen molar-refractivity contribution < 1.29 is 4.79 Å². The van der Waals surface area contributed by atoms with Gasteiger partial charge in [-0.2, -0.15) is 0 Å². The Morgan fingerprint density at radius 1 is 1.50 bits per heavy atom. The second-order valence-electron chi connectivity index (χ2n) is 3.30. The predicted molar refractivity (Wildman–Crippen MR) is 65.5 cm³/mol. The Bertz CT molecular complexity index is 496. The lowest BCUT2D eigenvalue weighted by Gasteiger charge is -2.15. The molecule has 16 heavy (non-hydrogen) atoms. The maximum Gasteiger partial charge on any atom is 0.260 e. The van der Waals surface area contributed by atoms with Crippen molar-refractivity contribution in [3.63, 3.8) is 0 Å². The van der Waals surface area contributed by atoms with E-state index in [2.05, 4.69) is 25.9 Å². The number of hydrogen-bond acceptors (Lipinski definition) is 2. The molecule has 5 heteroatoms. The minimum Gasteiger partial charge on any atom is -0.367 e. The molecule has 0 aromatic carbocycles. The number of pyridine rings is 1. The Morgan fingerprint density at radius 3 is 2.94 bits per heavy atom. The molecule has 0 fully saturated rings. The molecule has 2 aromatic heterocycles. The fraction of sp³-hybridized carbons (Fsp3) is 0.0909. The second-order valence-corrected chi connectivity index (χ2v) is 4.21. The highest BCUT2D eigenvalue weighted by atomic mass is 79.9. The first kappa shape index (κ1) is 10.9. The number of amides is 1. The average molecular weight is 280 g/mol. The Hall–Kier alpha value is -1.62. The fourth-order valence-electron chi connectivity index (χ4n) is 1.33. The normalized spacial score (nSPS) is 10.1. The molecule has 0 radical (unpaired) electrons. The summed E-state index contributed by atoms with van der Waals surface area (Å²) in [6, 6.07) is 5.35. The molecule has 0 aliphatic rings. The SMILES string of the molecule is CN(C(=O)c1cc[nH]c1)c1cc(Br)ccn1. The van der Waals surface area contributed by atoms with Gasteiger partial charge in [0.2, 0.25) is 0 Å². The lowest BCUT2D eigenvalue weighted by molar-refractivity contribution is 0.0992. The molecule has 0 spiro atoms. The zero-order chi connectivity index (χ0) is 11.5. The first-order valence-corrected chi connectivity index (χ1v) is 5.50. The van der Waals surface area contributed by atoms with Crippen LogP contribution in [0.25, 0.3) is 0 Å². The van der Waals surface area contributed by atoms with Crippen LogP contribution in [0, 0.1) is 0 Å². The highest BCUT2D eigenvalue weighted by Crippen LogP contribution is 2.17. The van der Waals surface area contributed by atoms with E-state index in [-0.39, 0.29) is 5.91 Å². The Morgan fingerprint density at radius 2 is 2.31 bits per heavy atom. The molecule has 2 rings (SSSR count). The third-order valence-electron chi connectivity index (χ3n) is 2.20. The van der Waals surface area contributed by atoms with Crippen molar-refractivity contribution in [3.8, 4) is 0 Å². The summed E-state index contributed by atoms with van der Waals surface area (Å²) >= 11 is 3.34. The number of halogens is 1. The van der Waals surface area contributed by atoms with Crippen LogP contribution in [-0.2, 0) is 0 Å². The zero-order valence-electron chi connectivity index (χ0n) is 8.64. The Kier molecular flexibility index (Phi) is 3.05. The number of aromatic nitrogens is 2. The zero-order valence-corrected chi connectivity index (χ0v) is 10.2. The van der Waals surface area contributed by atoms with Gasteiger partial charge in [0, 0.05) is 30.1 Å². The highest BCUT2D eigenvalue weighted by Gasteiger charge is 2.14. The van der Waals surface area contributed by atoms with Crippen LogP contribution in [0.3, 0.4) is 0 Å². The first-order valence-electron chi connectivity index (χ1n) is 4.71. The van der Waals surface area contributed by atoms with Gasteiger partial charge >= 0.3 is 0 Å². The lowest BCUT2D eigenvalue weighted by atomic mass is 10.3. The standard InChI is InChI=1S/C11H10BrN3O/c1-15(10-6-9(12)3-5-14-10)11(16)8-2-4-13-7-8/h2-7,13H,1H3. The van der Waals surface area contributed by atoms with E-state index in [1.807, 2.05) is 6.07 Å². The smallest absolute Gasteiger partial charge is 0.260 e. The molecule has 82 valence electrons. The van der Waals surface area contributed by atoms with Crippen molar-refractivity contribution in [2.75, 3.05) is 11.9 Å². The molecule has 2 aromatic rings. The summed E-state index contributed by atoms with van der Waals surface area (Å²) in [4.78, 5) is 20.5. The van der Waals surface area contributed by atoms with Crippen molar-refractivity contribution in [2.24, 2.45) is 0 Å². The number of nitrogens with one attached hydrogen (secondary N) is 1. The van der Waals surface area contributed by atoms with E-state index in [4.69, 9.17) is 0 Å². The molecular formula is C11H10BrN3O. The summed E-state index contributed by atoms with van der Waals surface area (Å²) in [5.74, 6) is 0.521. The summed E-state index contributed by atoms with van der Waals surface area (Å²) in [6.45, 7) is 0. The van der Waals surface area contributed by atoms with Gasteiger partial charge in [-0.25, -0.2) is 4.98 Å².